The number of aryl methyl sites for hydroxylation is 1. The zero-order valence-corrected chi connectivity index (χ0v) is 24.9. The van der Waals surface area contributed by atoms with E-state index in [-0.39, 0.29) is 45.4 Å². The lowest BCUT2D eigenvalue weighted by Gasteiger charge is -2.35. The van der Waals surface area contributed by atoms with E-state index in [0.717, 1.165) is 16.1 Å². The number of aliphatic hydroxyl groups is 1. The normalized spacial score (nSPS) is 20.1. The predicted octanol–water partition coefficient (Wildman–Crippen LogP) is 2.58. The largest absolute Gasteiger partial charge is 0.493 e. The van der Waals surface area contributed by atoms with Crippen molar-refractivity contribution in [2.75, 3.05) is 13.2 Å². The average molecular weight is 605 g/mol. The van der Waals surface area contributed by atoms with E-state index in [9.17, 15) is 28.7 Å². The van der Waals surface area contributed by atoms with Crippen molar-refractivity contribution in [3.8, 4) is 16.2 Å². The zero-order chi connectivity index (χ0) is 30.8. The van der Waals surface area contributed by atoms with E-state index < -0.39 is 53.0 Å². The molecule has 1 aliphatic carbocycles. The number of halogens is 1. The molecular weight excluding hydrogens is 567 g/mol. The monoisotopic (exact) mass is 604 g/mol. The number of aromatic nitrogens is 1. The molecule has 0 bridgehead atoms. The average Bonchev–Trinajstić information content (AvgIpc) is 3.33. The maximum absolute atomic E-state index is 14.4. The number of amides is 3. The van der Waals surface area contributed by atoms with Gasteiger partial charge in [-0.25, -0.2) is 9.37 Å². The van der Waals surface area contributed by atoms with E-state index in [0.29, 0.717) is 11.3 Å². The molecule has 2 heterocycles. The summed E-state index contributed by atoms with van der Waals surface area (Å²) in [5.41, 5.74) is 1.24. The van der Waals surface area contributed by atoms with Gasteiger partial charge in [0, 0.05) is 25.1 Å². The van der Waals surface area contributed by atoms with Crippen LogP contribution in [0.3, 0.4) is 0 Å². The molecule has 0 radical (unpaired) electrons. The molecule has 4 rings (SSSR count). The standard InChI is InChI=1S/C29H37FN4O7S/c1-16-23(42-15-32-16)17-5-6-18(21(11-17)41-10-7-22(36)37)13-31-25(38)20-12-19(35)14-34(20)26(39)24(28(2,3)4)33-27(40)29(30)8-9-29/h5-6,11,15,19-20,24,35H,7-10,12-14H2,1-4H3,(H,31,38)(H,33,40)(H,36,37)/t19-,20+,24-/m1/s1. The second-order valence-electron chi connectivity index (χ2n) is 11.9. The summed E-state index contributed by atoms with van der Waals surface area (Å²) in [6.07, 6.45) is -0.953. The van der Waals surface area contributed by atoms with Gasteiger partial charge in [0.1, 0.15) is 17.8 Å². The van der Waals surface area contributed by atoms with Gasteiger partial charge >= 0.3 is 5.97 Å². The van der Waals surface area contributed by atoms with Crippen LogP contribution >= 0.6 is 11.3 Å². The molecule has 2 aliphatic rings. The summed E-state index contributed by atoms with van der Waals surface area (Å²) in [5, 5.41) is 24.8. The predicted molar refractivity (Wildman–Crippen MR) is 152 cm³/mol. The fraction of sp³-hybridized carbons (Fsp3) is 0.552. The molecule has 42 heavy (non-hydrogen) atoms. The summed E-state index contributed by atoms with van der Waals surface area (Å²) < 4.78 is 20.2. The number of nitrogens with one attached hydrogen (secondary N) is 2. The number of carbonyl (C=O) groups excluding carboxylic acids is 3. The smallest absolute Gasteiger partial charge is 0.306 e. The maximum atomic E-state index is 14.4. The summed E-state index contributed by atoms with van der Waals surface area (Å²) in [7, 11) is 0. The molecule has 1 aromatic carbocycles. The summed E-state index contributed by atoms with van der Waals surface area (Å²) in [6.45, 7) is 6.92. The van der Waals surface area contributed by atoms with Gasteiger partial charge < -0.3 is 30.5 Å². The topological polar surface area (TPSA) is 158 Å². The summed E-state index contributed by atoms with van der Waals surface area (Å²) in [6, 6.07) is 3.29. The summed E-state index contributed by atoms with van der Waals surface area (Å²) >= 11 is 1.46. The number of carboxylic acid groups (broad SMARTS) is 1. The van der Waals surface area contributed by atoms with Gasteiger partial charge in [-0.15, -0.1) is 11.3 Å². The van der Waals surface area contributed by atoms with Crippen molar-refractivity contribution in [2.45, 2.75) is 83.8 Å². The van der Waals surface area contributed by atoms with Gasteiger partial charge in [0.05, 0.1) is 35.2 Å². The van der Waals surface area contributed by atoms with Crippen molar-refractivity contribution in [1.82, 2.24) is 20.5 Å². The van der Waals surface area contributed by atoms with Gasteiger partial charge in [0.25, 0.3) is 5.91 Å². The number of nitrogens with zero attached hydrogens (tertiary/aromatic N) is 2. The fourth-order valence-electron chi connectivity index (χ4n) is 4.82. The Kier molecular flexibility index (Phi) is 9.21. The van der Waals surface area contributed by atoms with Gasteiger partial charge in [0.2, 0.25) is 11.8 Å². The Bertz CT molecular complexity index is 1350. The van der Waals surface area contributed by atoms with Gasteiger partial charge in [-0.1, -0.05) is 32.9 Å². The number of hydrogen-bond acceptors (Lipinski definition) is 8. The molecule has 2 fully saturated rings. The van der Waals surface area contributed by atoms with Crippen LogP contribution in [0.4, 0.5) is 4.39 Å². The number of carboxylic acids is 1. The fourth-order valence-corrected chi connectivity index (χ4v) is 5.62. The Morgan fingerprint density at radius 2 is 1.98 bits per heavy atom. The van der Waals surface area contributed by atoms with Crippen molar-refractivity contribution in [2.24, 2.45) is 5.41 Å². The summed E-state index contributed by atoms with van der Waals surface area (Å²) in [4.78, 5) is 57.0. The van der Waals surface area contributed by atoms with Crippen LogP contribution in [0.15, 0.2) is 23.7 Å². The van der Waals surface area contributed by atoms with E-state index in [2.05, 4.69) is 15.6 Å². The number of ether oxygens (including phenoxy) is 1. The number of β-amino-alcohol motifs (C(OH)–C–C–N with tert-alkyl or cyclic N) is 1. The van der Waals surface area contributed by atoms with Gasteiger partial charge in [0.15, 0.2) is 5.67 Å². The third-order valence-corrected chi connectivity index (χ3v) is 8.43. The lowest BCUT2D eigenvalue weighted by Crippen LogP contribution is -2.59. The van der Waals surface area contributed by atoms with Gasteiger partial charge in [-0.3, -0.25) is 19.2 Å². The zero-order valence-electron chi connectivity index (χ0n) is 24.1. The molecule has 1 saturated heterocycles. The number of carbonyl (C=O) groups is 4. The first-order valence-electron chi connectivity index (χ1n) is 13.8. The van der Waals surface area contributed by atoms with Crippen molar-refractivity contribution in [3.63, 3.8) is 0 Å². The second-order valence-corrected chi connectivity index (χ2v) is 12.8. The highest BCUT2D eigenvalue weighted by Crippen LogP contribution is 2.40. The minimum absolute atomic E-state index is 0.000985. The number of hydrogen-bond donors (Lipinski definition) is 4. The molecule has 1 aliphatic heterocycles. The lowest BCUT2D eigenvalue weighted by atomic mass is 9.85. The minimum atomic E-state index is -1.97. The van der Waals surface area contributed by atoms with Crippen LogP contribution < -0.4 is 15.4 Å². The van der Waals surface area contributed by atoms with E-state index in [4.69, 9.17) is 9.84 Å². The van der Waals surface area contributed by atoms with Crippen LogP contribution in [-0.2, 0) is 25.7 Å². The van der Waals surface area contributed by atoms with Gasteiger partial charge in [-0.05, 0) is 36.8 Å². The SMILES string of the molecule is Cc1ncsc1-c1ccc(CNC(=O)[C@@H]2C[C@@H](O)CN2C(=O)[C@@H](NC(=O)C2(F)CC2)C(C)(C)C)c(OCCC(=O)O)c1. The van der Waals surface area contributed by atoms with Crippen LogP contribution in [0.2, 0.25) is 0 Å². The molecule has 0 spiro atoms. The van der Waals surface area contributed by atoms with Crippen molar-refractivity contribution >= 4 is 35.0 Å². The number of benzene rings is 1. The van der Waals surface area contributed by atoms with E-state index in [1.54, 1.807) is 38.4 Å². The van der Waals surface area contributed by atoms with E-state index in [1.807, 2.05) is 13.0 Å². The number of alkyl halides is 1. The first kappa shape index (κ1) is 31.4. The molecule has 0 unspecified atom stereocenters. The Balaban J connectivity index is 1.49. The van der Waals surface area contributed by atoms with Gasteiger partial charge in [-0.2, -0.15) is 0 Å². The van der Waals surface area contributed by atoms with Crippen LogP contribution in [-0.4, -0.2) is 80.8 Å². The van der Waals surface area contributed by atoms with E-state index in [1.165, 1.54) is 16.2 Å². The number of rotatable bonds is 11. The van der Waals surface area contributed by atoms with E-state index >= 15 is 0 Å². The Morgan fingerprint density at radius 1 is 1.26 bits per heavy atom. The van der Waals surface area contributed by atoms with Crippen LogP contribution in [0.5, 0.6) is 5.75 Å². The number of aliphatic hydroxyl groups excluding tert-OH is 1. The number of likely N-dealkylation sites (tertiary alicyclic amines) is 1. The van der Waals surface area contributed by atoms with Crippen LogP contribution in [0, 0.1) is 12.3 Å². The Morgan fingerprint density at radius 3 is 2.57 bits per heavy atom. The molecule has 1 aromatic heterocycles. The van der Waals surface area contributed by atoms with Crippen molar-refractivity contribution in [3.05, 3.63) is 35.0 Å². The Hall–Kier alpha value is -3.58. The van der Waals surface area contributed by atoms with Crippen molar-refractivity contribution < 1.29 is 38.5 Å². The molecule has 4 N–H and O–H groups in total. The van der Waals surface area contributed by atoms with Crippen LogP contribution in [0.1, 0.15) is 57.7 Å². The quantitative estimate of drug-likeness (QED) is 0.305. The molecule has 3 atom stereocenters. The number of thiazole rings is 1. The molecule has 11 nitrogen and oxygen atoms in total. The molecule has 3 amide bonds. The first-order chi connectivity index (χ1) is 19.7. The number of aliphatic carboxylic acids is 1. The molecule has 1 saturated carbocycles. The van der Waals surface area contributed by atoms with Crippen LogP contribution in [0.25, 0.3) is 10.4 Å². The third kappa shape index (κ3) is 7.24. The maximum Gasteiger partial charge on any atom is 0.306 e. The minimum Gasteiger partial charge on any atom is -0.493 e. The Labute approximate surface area is 247 Å². The molecular formula is C29H37FN4O7S. The van der Waals surface area contributed by atoms with Crippen molar-refractivity contribution in [1.29, 1.82) is 0 Å². The molecule has 228 valence electrons. The highest BCUT2D eigenvalue weighted by molar-refractivity contribution is 7.13. The first-order valence-corrected chi connectivity index (χ1v) is 14.7. The highest BCUT2D eigenvalue weighted by atomic mass is 32.1. The molecule has 13 heteroatoms. The molecule has 2 aromatic rings. The third-order valence-electron chi connectivity index (χ3n) is 7.45. The second kappa shape index (κ2) is 12.3. The highest BCUT2D eigenvalue weighted by Gasteiger charge is 2.53. The lowest BCUT2D eigenvalue weighted by molar-refractivity contribution is -0.145. The summed E-state index contributed by atoms with van der Waals surface area (Å²) in [5.74, 6) is -2.53.